The van der Waals surface area contributed by atoms with Gasteiger partial charge in [0.15, 0.2) is 0 Å². The highest BCUT2D eigenvalue weighted by atomic mass is 16.3. The molecule has 3 rings (SSSR count). The summed E-state index contributed by atoms with van der Waals surface area (Å²) in [6.45, 7) is 2.20. The fourth-order valence-corrected chi connectivity index (χ4v) is 3.25. The molecule has 1 heterocycles. The first-order valence-corrected chi connectivity index (χ1v) is 7.09. The van der Waals surface area contributed by atoms with Gasteiger partial charge in [0.1, 0.15) is 5.76 Å². The van der Waals surface area contributed by atoms with Crippen LogP contribution in [0.1, 0.15) is 44.3 Å². The number of amides is 1. The smallest absolute Gasteiger partial charge is 0.224 e. The van der Waals surface area contributed by atoms with Gasteiger partial charge >= 0.3 is 0 Å². The summed E-state index contributed by atoms with van der Waals surface area (Å²) in [5.74, 6) is 1.33. The normalized spacial score (nSPS) is 37.3. The maximum absolute atomic E-state index is 12.2. The van der Waals surface area contributed by atoms with Crippen molar-refractivity contribution in [2.75, 3.05) is 6.61 Å². The van der Waals surface area contributed by atoms with Gasteiger partial charge in [0.2, 0.25) is 5.91 Å². The number of rotatable bonds is 4. The zero-order valence-electron chi connectivity index (χ0n) is 11.3. The first-order valence-electron chi connectivity index (χ1n) is 7.09. The third-order valence-corrected chi connectivity index (χ3v) is 4.80. The molecule has 0 bridgehead atoms. The topological polar surface area (TPSA) is 62.5 Å². The number of carbonyl (C=O) groups is 1. The molecule has 1 amide bonds. The first kappa shape index (κ1) is 12.7. The Morgan fingerprint density at radius 1 is 1.63 bits per heavy atom. The Balaban J connectivity index is 1.58. The Labute approximate surface area is 113 Å². The lowest BCUT2D eigenvalue weighted by Crippen LogP contribution is -2.45. The number of hydrogen-bond acceptors (Lipinski definition) is 3. The van der Waals surface area contributed by atoms with E-state index in [1.807, 2.05) is 12.1 Å². The molecule has 4 atom stereocenters. The monoisotopic (exact) mass is 263 g/mol. The molecule has 1 aromatic heterocycles. The Bertz CT molecular complexity index is 456. The number of hydrogen-bond donors (Lipinski definition) is 2. The largest absolute Gasteiger partial charge is 0.469 e. The van der Waals surface area contributed by atoms with Crippen LogP contribution in [0.25, 0.3) is 0 Å². The predicted octanol–water partition coefficient (Wildman–Crippen LogP) is 2.05. The molecule has 4 unspecified atom stereocenters. The lowest BCUT2D eigenvalue weighted by Gasteiger charge is -2.30. The van der Waals surface area contributed by atoms with E-state index in [0.29, 0.717) is 0 Å². The van der Waals surface area contributed by atoms with Crippen LogP contribution in [0.5, 0.6) is 0 Å². The van der Waals surface area contributed by atoms with E-state index in [1.165, 1.54) is 0 Å². The van der Waals surface area contributed by atoms with E-state index in [2.05, 4.69) is 12.2 Å². The van der Waals surface area contributed by atoms with E-state index in [1.54, 1.807) is 6.26 Å². The third-order valence-electron chi connectivity index (χ3n) is 4.80. The summed E-state index contributed by atoms with van der Waals surface area (Å²) in [4.78, 5) is 12.2. The molecule has 4 nitrogen and oxygen atoms in total. The van der Waals surface area contributed by atoms with E-state index in [0.717, 1.165) is 31.4 Å². The summed E-state index contributed by atoms with van der Waals surface area (Å²) in [5.41, 5.74) is -0.148. The van der Waals surface area contributed by atoms with Crippen molar-refractivity contribution in [2.45, 2.75) is 44.6 Å². The van der Waals surface area contributed by atoms with Crippen molar-refractivity contribution < 1.29 is 14.3 Å². The zero-order chi connectivity index (χ0) is 13.5. The van der Waals surface area contributed by atoms with Crippen molar-refractivity contribution in [3.05, 3.63) is 24.2 Å². The molecule has 0 saturated heterocycles. The molecule has 2 fully saturated rings. The number of carbonyl (C=O) groups excluding carboxylic acids is 1. The van der Waals surface area contributed by atoms with Crippen molar-refractivity contribution in [3.8, 4) is 0 Å². The van der Waals surface area contributed by atoms with Gasteiger partial charge in [-0.2, -0.15) is 0 Å². The van der Waals surface area contributed by atoms with E-state index in [4.69, 9.17) is 4.42 Å². The van der Waals surface area contributed by atoms with Gasteiger partial charge in [0.05, 0.1) is 12.9 Å². The Morgan fingerprint density at radius 2 is 2.47 bits per heavy atom. The fourth-order valence-electron chi connectivity index (χ4n) is 3.25. The number of aliphatic hydroxyl groups excluding tert-OH is 1. The summed E-state index contributed by atoms with van der Waals surface area (Å²) < 4.78 is 5.35. The number of furan rings is 1. The van der Waals surface area contributed by atoms with Gasteiger partial charge in [-0.3, -0.25) is 4.79 Å². The lowest BCUT2D eigenvalue weighted by atomic mass is 9.85. The fraction of sp³-hybridized carbons (Fsp3) is 0.667. The lowest BCUT2D eigenvalue weighted by molar-refractivity contribution is -0.124. The van der Waals surface area contributed by atoms with E-state index >= 15 is 0 Å². The second-order valence-electron chi connectivity index (χ2n) is 6.23. The minimum atomic E-state index is -0.148. The molecule has 19 heavy (non-hydrogen) atoms. The first-order chi connectivity index (χ1) is 9.14. The molecule has 2 aliphatic carbocycles. The van der Waals surface area contributed by atoms with E-state index in [-0.39, 0.29) is 35.8 Å². The van der Waals surface area contributed by atoms with Gasteiger partial charge in [-0.15, -0.1) is 0 Å². The third kappa shape index (κ3) is 2.29. The van der Waals surface area contributed by atoms with E-state index < -0.39 is 0 Å². The van der Waals surface area contributed by atoms with Crippen molar-refractivity contribution in [2.24, 2.45) is 11.3 Å². The summed E-state index contributed by atoms with van der Waals surface area (Å²) in [6, 6.07) is 3.91. The summed E-state index contributed by atoms with van der Waals surface area (Å²) in [6.07, 6.45) is 5.57. The maximum atomic E-state index is 12.2. The van der Waals surface area contributed by atoms with Crippen LogP contribution in [0.3, 0.4) is 0 Å². The number of nitrogens with one attached hydrogen (secondary N) is 1. The molecule has 4 heteroatoms. The van der Waals surface area contributed by atoms with Gasteiger partial charge in [-0.1, -0.05) is 13.3 Å². The highest BCUT2D eigenvalue weighted by molar-refractivity contribution is 5.83. The maximum Gasteiger partial charge on any atom is 0.224 e. The SMILES string of the molecule is CC1(CO)CCCC1NC(=O)C1CC1c1ccco1. The molecule has 2 N–H and O–H groups in total. The molecule has 2 saturated carbocycles. The Kier molecular flexibility index (Phi) is 3.13. The second kappa shape index (κ2) is 4.67. The molecule has 2 aliphatic rings. The predicted molar refractivity (Wildman–Crippen MR) is 70.5 cm³/mol. The summed E-state index contributed by atoms with van der Waals surface area (Å²) >= 11 is 0. The minimum absolute atomic E-state index is 0.0506. The van der Waals surface area contributed by atoms with Crippen molar-refractivity contribution in [3.63, 3.8) is 0 Å². The average molecular weight is 263 g/mol. The molecule has 1 aromatic rings. The average Bonchev–Trinajstić information content (AvgIpc) is 2.85. The number of aliphatic hydroxyl groups is 1. The Morgan fingerprint density at radius 3 is 3.16 bits per heavy atom. The minimum Gasteiger partial charge on any atom is -0.469 e. The van der Waals surface area contributed by atoms with Gasteiger partial charge < -0.3 is 14.8 Å². The van der Waals surface area contributed by atoms with Crippen LogP contribution < -0.4 is 5.32 Å². The molecule has 0 spiro atoms. The van der Waals surface area contributed by atoms with Crippen molar-refractivity contribution in [1.82, 2.24) is 5.32 Å². The molecule has 0 aliphatic heterocycles. The van der Waals surface area contributed by atoms with Crippen LogP contribution in [0.4, 0.5) is 0 Å². The van der Waals surface area contributed by atoms with Gasteiger partial charge in [0.25, 0.3) is 0 Å². The second-order valence-corrected chi connectivity index (χ2v) is 6.23. The summed E-state index contributed by atoms with van der Waals surface area (Å²) in [5, 5.41) is 12.6. The summed E-state index contributed by atoms with van der Waals surface area (Å²) in [7, 11) is 0. The van der Waals surface area contributed by atoms with Crippen LogP contribution in [-0.2, 0) is 4.79 Å². The molecular formula is C15H21NO3. The van der Waals surface area contributed by atoms with Gasteiger partial charge in [0, 0.05) is 23.3 Å². The van der Waals surface area contributed by atoms with Crippen LogP contribution >= 0.6 is 0 Å². The zero-order valence-corrected chi connectivity index (χ0v) is 11.3. The van der Waals surface area contributed by atoms with Crippen LogP contribution in [-0.4, -0.2) is 23.7 Å². The van der Waals surface area contributed by atoms with Gasteiger partial charge in [-0.25, -0.2) is 0 Å². The van der Waals surface area contributed by atoms with Crippen molar-refractivity contribution >= 4 is 5.91 Å². The Hall–Kier alpha value is -1.29. The molecule has 104 valence electrons. The van der Waals surface area contributed by atoms with Crippen molar-refractivity contribution in [1.29, 1.82) is 0 Å². The highest BCUT2D eigenvalue weighted by Crippen LogP contribution is 2.48. The molecule has 0 radical (unpaired) electrons. The quantitative estimate of drug-likeness (QED) is 0.874. The highest BCUT2D eigenvalue weighted by Gasteiger charge is 2.48. The van der Waals surface area contributed by atoms with E-state index in [9.17, 15) is 9.90 Å². The molecular weight excluding hydrogens is 242 g/mol. The molecule has 0 aromatic carbocycles. The standard InChI is InChI=1S/C15H21NO3/c1-15(9-17)6-2-5-13(15)16-14(18)11-8-10(11)12-4-3-7-19-12/h3-4,7,10-11,13,17H,2,5-6,8-9H2,1H3,(H,16,18). The van der Waals surface area contributed by atoms with Crippen LogP contribution in [0.15, 0.2) is 22.8 Å². The van der Waals surface area contributed by atoms with Gasteiger partial charge in [-0.05, 0) is 31.4 Å². The van der Waals surface area contributed by atoms with Crippen LogP contribution in [0.2, 0.25) is 0 Å². The van der Waals surface area contributed by atoms with Crippen LogP contribution in [0, 0.1) is 11.3 Å².